The summed E-state index contributed by atoms with van der Waals surface area (Å²) >= 11 is 0. The van der Waals surface area contributed by atoms with Crippen molar-refractivity contribution in [2.24, 2.45) is 5.84 Å². The molecule has 0 aliphatic rings. The molecule has 0 radical (unpaired) electrons. The highest BCUT2D eigenvalue weighted by Crippen LogP contribution is 1.98. The van der Waals surface area contributed by atoms with E-state index in [0.29, 0.717) is 5.82 Å². The van der Waals surface area contributed by atoms with Crippen molar-refractivity contribution in [3.05, 3.63) is 18.1 Å². The fraction of sp³-hybridized carbons (Fsp3) is 0.250. The van der Waals surface area contributed by atoms with Crippen molar-refractivity contribution in [3.63, 3.8) is 0 Å². The number of nitrogens with zero attached hydrogens (tertiary/aromatic N) is 2. The molecular formula is C8H12N6O2. The Balaban J connectivity index is 2.56. The summed E-state index contributed by atoms with van der Waals surface area (Å²) in [5, 5.41) is 4.76. The lowest BCUT2D eigenvalue weighted by atomic mass is 10.4. The smallest absolute Gasteiger partial charge is 0.271 e. The lowest BCUT2D eigenvalue weighted by Gasteiger charge is -2.03. The second kappa shape index (κ2) is 5.61. The number of carbonyl (C=O) groups excluding carboxylic acids is 2. The molecule has 0 unspecified atom stereocenters. The van der Waals surface area contributed by atoms with Crippen LogP contribution in [0.3, 0.4) is 0 Å². The number of aromatic nitrogens is 2. The monoisotopic (exact) mass is 224 g/mol. The molecule has 2 amide bonds. The standard InChI is InChI=1S/C8H12N6O2/c1-10-7(15)4-13-8(16)5-2-12-6(14-9)3-11-5/h2-3H,4,9H2,1H3,(H,10,15)(H,12,14)(H,13,16). The van der Waals surface area contributed by atoms with Crippen LogP contribution in [0.2, 0.25) is 0 Å². The molecule has 5 N–H and O–H groups in total. The Morgan fingerprint density at radius 3 is 2.62 bits per heavy atom. The zero-order valence-corrected chi connectivity index (χ0v) is 8.65. The summed E-state index contributed by atoms with van der Waals surface area (Å²) in [6.45, 7) is -0.103. The molecule has 0 saturated carbocycles. The van der Waals surface area contributed by atoms with Crippen LogP contribution in [0.15, 0.2) is 12.4 Å². The number of nitrogens with two attached hydrogens (primary N) is 1. The van der Waals surface area contributed by atoms with Crippen LogP contribution in [-0.4, -0.2) is 35.4 Å². The van der Waals surface area contributed by atoms with Crippen LogP contribution in [0.4, 0.5) is 5.82 Å². The van der Waals surface area contributed by atoms with Gasteiger partial charge in [-0.25, -0.2) is 15.8 Å². The van der Waals surface area contributed by atoms with Crippen molar-refractivity contribution in [1.29, 1.82) is 0 Å². The minimum absolute atomic E-state index is 0.103. The number of hydrogen-bond acceptors (Lipinski definition) is 6. The van der Waals surface area contributed by atoms with Gasteiger partial charge in [0, 0.05) is 7.05 Å². The second-order valence-corrected chi connectivity index (χ2v) is 2.79. The summed E-state index contributed by atoms with van der Waals surface area (Å²) in [6, 6.07) is 0. The maximum Gasteiger partial charge on any atom is 0.271 e. The number of likely N-dealkylation sites (N-methyl/N-ethyl adjacent to an activating group) is 1. The van der Waals surface area contributed by atoms with Gasteiger partial charge in [-0.05, 0) is 0 Å². The Morgan fingerprint density at radius 1 is 1.38 bits per heavy atom. The summed E-state index contributed by atoms with van der Waals surface area (Å²) in [4.78, 5) is 29.9. The number of hydrogen-bond donors (Lipinski definition) is 4. The molecule has 8 nitrogen and oxygen atoms in total. The van der Waals surface area contributed by atoms with Crippen LogP contribution in [-0.2, 0) is 4.79 Å². The summed E-state index contributed by atoms with van der Waals surface area (Å²) < 4.78 is 0. The van der Waals surface area contributed by atoms with E-state index in [2.05, 4.69) is 26.0 Å². The predicted molar refractivity (Wildman–Crippen MR) is 56.2 cm³/mol. The van der Waals surface area contributed by atoms with Gasteiger partial charge in [0.25, 0.3) is 5.91 Å². The van der Waals surface area contributed by atoms with Gasteiger partial charge >= 0.3 is 0 Å². The molecule has 8 heteroatoms. The third kappa shape index (κ3) is 3.17. The molecule has 0 aliphatic carbocycles. The van der Waals surface area contributed by atoms with Gasteiger partial charge in [0.15, 0.2) is 5.82 Å². The van der Waals surface area contributed by atoms with Gasteiger partial charge < -0.3 is 16.1 Å². The molecule has 0 saturated heterocycles. The van der Waals surface area contributed by atoms with E-state index < -0.39 is 5.91 Å². The number of rotatable bonds is 4. The topological polar surface area (TPSA) is 122 Å². The summed E-state index contributed by atoms with van der Waals surface area (Å²) in [7, 11) is 1.48. The van der Waals surface area contributed by atoms with E-state index in [9.17, 15) is 9.59 Å². The molecule has 0 spiro atoms. The lowest BCUT2D eigenvalue weighted by Crippen LogP contribution is -2.35. The minimum atomic E-state index is -0.473. The Kier molecular flexibility index (Phi) is 4.16. The van der Waals surface area contributed by atoms with E-state index in [1.807, 2.05) is 0 Å². The number of carbonyl (C=O) groups is 2. The lowest BCUT2D eigenvalue weighted by molar-refractivity contribution is -0.119. The predicted octanol–water partition coefficient (Wildman–Crippen LogP) is -1.76. The average molecular weight is 224 g/mol. The molecule has 16 heavy (non-hydrogen) atoms. The number of anilines is 1. The normalized spacial score (nSPS) is 9.38. The summed E-state index contributed by atoms with van der Waals surface area (Å²) in [5.41, 5.74) is 2.40. The van der Waals surface area contributed by atoms with Crippen molar-refractivity contribution >= 4 is 17.6 Å². The third-order valence-corrected chi connectivity index (χ3v) is 1.72. The molecule has 0 bridgehead atoms. The van der Waals surface area contributed by atoms with Crippen LogP contribution in [0.5, 0.6) is 0 Å². The van der Waals surface area contributed by atoms with Gasteiger partial charge in [-0.2, -0.15) is 0 Å². The van der Waals surface area contributed by atoms with Gasteiger partial charge in [0.1, 0.15) is 5.69 Å². The van der Waals surface area contributed by atoms with Gasteiger partial charge in [-0.15, -0.1) is 0 Å². The van der Waals surface area contributed by atoms with Gasteiger partial charge in [0.2, 0.25) is 5.91 Å². The molecule has 0 atom stereocenters. The summed E-state index contributed by atoms with van der Waals surface area (Å²) in [6.07, 6.45) is 2.57. The Hall–Kier alpha value is -2.22. The maximum absolute atomic E-state index is 11.4. The number of hydrazine groups is 1. The first-order chi connectivity index (χ1) is 7.67. The fourth-order valence-corrected chi connectivity index (χ4v) is 0.859. The molecule has 1 aromatic heterocycles. The van der Waals surface area contributed by atoms with Crippen LogP contribution in [0, 0.1) is 0 Å². The molecule has 0 fully saturated rings. The Labute approximate surface area is 91.6 Å². The van der Waals surface area contributed by atoms with Crippen molar-refractivity contribution in [2.75, 3.05) is 19.0 Å². The van der Waals surface area contributed by atoms with Crippen molar-refractivity contribution in [2.45, 2.75) is 0 Å². The molecule has 0 aliphatic heterocycles. The molecule has 86 valence electrons. The first kappa shape index (κ1) is 11.9. The van der Waals surface area contributed by atoms with Crippen LogP contribution >= 0.6 is 0 Å². The number of amides is 2. The van der Waals surface area contributed by atoms with E-state index in [4.69, 9.17) is 5.84 Å². The Bertz CT molecular complexity index is 377. The van der Waals surface area contributed by atoms with Crippen molar-refractivity contribution in [1.82, 2.24) is 20.6 Å². The van der Waals surface area contributed by atoms with Gasteiger partial charge in [-0.3, -0.25) is 9.59 Å². The van der Waals surface area contributed by atoms with E-state index in [1.165, 1.54) is 19.4 Å². The van der Waals surface area contributed by atoms with E-state index >= 15 is 0 Å². The van der Waals surface area contributed by atoms with Gasteiger partial charge in [-0.1, -0.05) is 0 Å². The molecule has 0 aromatic carbocycles. The van der Waals surface area contributed by atoms with E-state index in [0.717, 1.165) is 0 Å². The second-order valence-electron chi connectivity index (χ2n) is 2.79. The third-order valence-electron chi connectivity index (χ3n) is 1.72. The molecule has 1 rings (SSSR count). The van der Waals surface area contributed by atoms with Gasteiger partial charge in [0.05, 0.1) is 18.9 Å². The quantitative estimate of drug-likeness (QED) is 0.355. The SMILES string of the molecule is CNC(=O)CNC(=O)c1cnc(NN)cn1. The zero-order chi connectivity index (χ0) is 12.0. The average Bonchev–Trinajstić information content (AvgIpc) is 2.35. The number of nitrogens with one attached hydrogen (secondary N) is 3. The minimum Gasteiger partial charge on any atom is -0.358 e. The molecule has 1 heterocycles. The first-order valence-corrected chi connectivity index (χ1v) is 4.44. The van der Waals surface area contributed by atoms with Crippen LogP contribution in [0.1, 0.15) is 10.5 Å². The van der Waals surface area contributed by atoms with E-state index in [1.54, 1.807) is 0 Å². The summed E-state index contributed by atoms with van der Waals surface area (Å²) in [5.74, 6) is 4.67. The molecule has 1 aromatic rings. The fourth-order valence-electron chi connectivity index (χ4n) is 0.859. The van der Waals surface area contributed by atoms with Crippen molar-refractivity contribution < 1.29 is 9.59 Å². The Morgan fingerprint density at radius 2 is 2.12 bits per heavy atom. The highest BCUT2D eigenvalue weighted by atomic mass is 16.2. The largest absolute Gasteiger partial charge is 0.358 e. The van der Waals surface area contributed by atoms with Crippen LogP contribution < -0.4 is 21.9 Å². The molecular weight excluding hydrogens is 212 g/mol. The van der Waals surface area contributed by atoms with Crippen molar-refractivity contribution in [3.8, 4) is 0 Å². The number of nitrogen functional groups attached to an aromatic ring is 1. The van der Waals surface area contributed by atoms with Crippen LogP contribution in [0.25, 0.3) is 0 Å². The highest BCUT2D eigenvalue weighted by molar-refractivity contribution is 5.94. The zero-order valence-electron chi connectivity index (χ0n) is 8.65. The highest BCUT2D eigenvalue weighted by Gasteiger charge is 2.08. The van der Waals surface area contributed by atoms with E-state index in [-0.39, 0.29) is 18.1 Å². The first-order valence-electron chi connectivity index (χ1n) is 4.44. The maximum atomic E-state index is 11.4.